The average Bonchev–Trinajstić information content (AvgIpc) is 2.28. The second-order valence-corrected chi connectivity index (χ2v) is 4.34. The van der Waals surface area contributed by atoms with E-state index >= 15 is 0 Å². The molecule has 2 rings (SSSR count). The van der Waals surface area contributed by atoms with Crippen LogP contribution in [0, 0.1) is 0 Å². The van der Waals surface area contributed by atoms with Crippen LogP contribution in [-0.4, -0.2) is 19.1 Å². The van der Waals surface area contributed by atoms with Gasteiger partial charge in [-0.3, -0.25) is 0 Å². The van der Waals surface area contributed by atoms with E-state index in [0.29, 0.717) is 19.1 Å². The van der Waals surface area contributed by atoms with Gasteiger partial charge in [0.25, 0.3) is 0 Å². The molecule has 0 bridgehead atoms. The molecule has 0 saturated carbocycles. The largest absolute Gasteiger partial charge is 0.486 e. The van der Waals surface area contributed by atoms with Gasteiger partial charge < -0.3 is 9.47 Å². The highest BCUT2D eigenvalue weighted by Gasteiger charge is 2.16. The van der Waals surface area contributed by atoms with Crippen LogP contribution in [0.1, 0.15) is 5.56 Å². The van der Waals surface area contributed by atoms with Crippen LogP contribution in [-0.2, 0) is 0 Å². The van der Waals surface area contributed by atoms with Crippen LogP contribution in [0.25, 0.3) is 5.57 Å². The summed E-state index contributed by atoms with van der Waals surface area (Å²) in [6.07, 6.45) is 0. The molecule has 0 amide bonds. The first kappa shape index (κ1) is 10.8. The Labute approximate surface area is 102 Å². The third kappa shape index (κ3) is 2.13. The molecule has 1 aliphatic heterocycles. The number of ether oxygens (including phenoxy) is 2. The van der Waals surface area contributed by atoms with Gasteiger partial charge in [0.15, 0.2) is 11.5 Å². The molecule has 0 atom stereocenters. The Kier molecular flexibility index (Phi) is 3.22. The zero-order chi connectivity index (χ0) is 10.8. The Morgan fingerprint density at radius 3 is 2.87 bits per heavy atom. The molecule has 1 aliphatic rings. The zero-order valence-electron chi connectivity index (χ0n) is 8.06. The minimum Gasteiger partial charge on any atom is -0.486 e. The number of alkyl halides is 1. The second-order valence-electron chi connectivity index (χ2n) is 3.22. The first-order valence-corrected chi connectivity index (χ1v) is 5.88. The van der Waals surface area contributed by atoms with E-state index in [9.17, 15) is 0 Å². The van der Waals surface area contributed by atoms with Gasteiger partial charge in [-0.1, -0.05) is 6.58 Å². The lowest BCUT2D eigenvalue weighted by molar-refractivity contribution is 0.170. The topological polar surface area (TPSA) is 18.5 Å². The second kappa shape index (κ2) is 4.45. The van der Waals surface area contributed by atoms with Crippen molar-refractivity contribution in [2.75, 3.05) is 19.1 Å². The van der Waals surface area contributed by atoms with Crippen LogP contribution >= 0.6 is 27.5 Å². The Bertz CT molecular complexity index is 404. The van der Waals surface area contributed by atoms with Crippen molar-refractivity contribution in [2.24, 2.45) is 0 Å². The van der Waals surface area contributed by atoms with Crippen molar-refractivity contribution in [3.8, 4) is 11.5 Å². The third-order valence-corrected chi connectivity index (χ3v) is 3.08. The van der Waals surface area contributed by atoms with Crippen LogP contribution in [0.3, 0.4) is 0 Å². The maximum atomic E-state index is 5.74. The fourth-order valence-electron chi connectivity index (χ4n) is 1.39. The highest BCUT2D eigenvalue weighted by molar-refractivity contribution is 9.10. The molecule has 0 aliphatic carbocycles. The van der Waals surface area contributed by atoms with E-state index in [1.807, 2.05) is 12.1 Å². The summed E-state index contributed by atoms with van der Waals surface area (Å²) in [5.41, 5.74) is 1.84. The fourth-order valence-corrected chi connectivity index (χ4v) is 2.10. The molecule has 1 aromatic rings. The van der Waals surface area contributed by atoms with Gasteiger partial charge in [0, 0.05) is 5.88 Å². The van der Waals surface area contributed by atoms with Gasteiger partial charge in [-0.05, 0) is 39.2 Å². The molecule has 0 unspecified atom stereocenters. The van der Waals surface area contributed by atoms with Crippen molar-refractivity contribution in [3.05, 3.63) is 28.7 Å². The van der Waals surface area contributed by atoms with Crippen molar-refractivity contribution < 1.29 is 9.47 Å². The van der Waals surface area contributed by atoms with E-state index in [1.165, 1.54) is 0 Å². The Morgan fingerprint density at radius 2 is 2.13 bits per heavy atom. The summed E-state index contributed by atoms with van der Waals surface area (Å²) in [6, 6.07) is 3.85. The molecular weight excluding hydrogens is 279 g/mol. The molecule has 0 saturated heterocycles. The Morgan fingerprint density at radius 1 is 1.40 bits per heavy atom. The number of benzene rings is 1. The van der Waals surface area contributed by atoms with Crippen LogP contribution in [0.5, 0.6) is 11.5 Å². The molecule has 0 aromatic heterocycles. The maximum absolute atomic E-state index is 5.74. The van der Waals surface area contributed by atoms with E-state index in [-0.39, 0.29) is 0 Å². The number of halogens is 2. The molecule has 0 N–H and O–H groups in total. The summed E-state index contributed by atoms with van der Waals surface area (Å²) in [5, 5.41) is 0. The lowest BCUT2D eigenvalue weighted by Gasteiger charge is -2.20. The molecule has 80 valence electrons. The van der Waals surface area contributed by atoms with E-state index < -0.39 is 0 Å². The van der Waals surface area contributed by atoms with Gasteiger partial charge in [0.05, 0.1) is 4.47 Å². The number of fused-ring (bicyclic) bond motifs is 1. The van der Waals surface area contributed by atoms with Crippen LogP contribution in [0.4, 0.5) is 0 Å². The molecule has 0 fully saturated rings. The van der Waals surface area contributed by atoms with E-state index in [0.717, 1.165) is 27.1 Å². The molecule has 1 aromatic carbocycles. The predicted octanol–water partition coefficient (Wildman–Crippen LogP) is 3.47. The average molecular weight is 290 g/mol. The number of hydrogen-bond acceptors (Lipinski definition) is 2. The Hall–Kier alpha value is -0.670. The summed E-state index contributed by atoms with van der Waals surface area (Å²) in [4.78, 5) is 0. The first-order valence-electron chi connectivity index (χ1n) is 4.55. The lowest BCUT2D eigenvalue weighted by atomic mass is 10.1. The summed E-state index contributed by atoms with van der Waals surface area (Å²) >= 11 is 9.18. The molecule has 2 nitrogen and oxygen atoms in total. The minimum atomic E-state index is 0.409. The van der Waals surface area contributed by atoms with Gasteiger partial charge in [-0.2, -0.15) is 0 Å². The highest BCUT2D eigenvalue weighted by Crippen LogP contribution is 2.39. The molecule has 0 spiro atoms. The van der Waals surface area contributed by atoms with Crippen LogP contribution in [0.2, 0.25) is 0 Å². The van der Waals surface area contributed by atoms with Gasteiger partial charge in [-0.25, -0.2) is 0 Å². The normalized spacial score (nSPS) is 13.7. The van der Waals surface area contributed by atoms with Gasteiger partial charge >= 0.3 is 0 Å². The fraction of sp³-hybridized carbons (Fsp3) is 0.273. The molecule has 15 heavy (non-hydrogen) atoms. The standard InChI is InChI=1S/C11H10BrClO2/c1-7(6-13)8-4-9(12)11-10(5-8)14-2-3-15-11/h4-5H,1-3,6H2. The molecule has 1 heterocycles. The van der Waals surface area contributed by atoms with Gasteiger partial charge in [-0.15, -0.1) is 11.6 Å². The van der Waals surface area contributed by atoms with Crippen molar-refractivity contribution in [2.45, 2.75) is 0 Å². The number of hydrogen-bond donors (Lipinski definition) is 0. The number of allylic oxidation sites excluding steroid dienone is 1. The van der Waals surface area contributed by atoms with Crippen LogP contribution in [0.15, 0.2) is 23.2 Å². The van der Waals surface area contributed by atoms with Crippen molar-refractivity contribution in [1.29, 1.82) is 0 Å². The smallest absolute Gasteiger partial charge is 0.175 e. The van der Waals surface area contributed by atoms with Crippen molar-refractivity contribution >= 4 is 33.1 Å². The van der Waals surface area contributed by atoms with Crippen molar-refractivity contribution in [1.82, 2.24) is 0 Å². The highest BCUT2D eigenvalue weighted by atomic mass is 79.9. The van der Waals surface area contributed by atoms with Gasteiger partial charge in [0.2, 0.25) is 0 Å². The summed E-state index contributed by atoms with van der Waals surface area (Å²) in [6.45, 7) is 5.05. The lowest BCUT2D eigenvalue weighted by Crippen LogP contribution is -2.15. The van der Waals surface area contributed by atoms with E-state index in [1.54, 1.807) is 0 Å². The van der Waals surface area contributed by atoms with E-state index in [4.69, 9.17) is 21.1 Å². The zero-order valence-corrected chi connectivity index (χ0v) is 10.4. The van der Waals surface area contributed by atoms with Crippen molar-refractivity contribution in [3.63, 3.8) is 0 Å². The number of rotatable bonds is 2. The predicted molar refractivity (Wildman–Crippen MR) is 64.9 cm³/mol. The summed E-state index contributed by atoms with van der Waals surface area (Å²) in [7, 11) is 0. The van der Waals surface area contributed by atoms with Crippen LogP contribution < -0.4 is 9.47 Å². The third-order valence-electron chi connectivity index (χ3n) is 2.17. The molecule has 4 heteroatoms. The first-order chi connectivity index (χ1) is 7.22. The Balaban J connectivity index is 2.45. The summed E-state index contributed by atoms with van der Waals surface area (Å²) < 4.78 is 11.9. The summed E-state index contributed by atoms with van der Waals surface area (Å²) in [5.74, 6) is 1.91. The van der Waals surface area contributed by atoms with E-state index in [2.05, 4.69) is 22.5 Å². The molecule has 0 radical (unpaired) electrons. The van der Waals surface area contributed by atoms with Gasteiger partial charge in [0.1, 0.15) is 13.2 Å². The minimum absolute atomic E-state index is 0.409. The molecular formula is C11H10BrClO2. The quantitative estimate of drug-likeness (QED) is 0.776. The maximum Gasteiger partial charge on any atom is 0.175 e. The SMILES string of the molecule is C=C(CCl)c1cc(Br)c2c(c1)OCCO2. The monoisotopic (exact) mass is 288 g/mol.